The molecule has 0 spiro atoms. The molecule has 1 heterocycles. The third-order valence-corrected chi connectivity index (χ3v) is 5.42. The topological polar surface area (TPSA) is 47.6 Å². The van der Waals surface area contributed by atoms with Crippen molar-refractivity contribution in [3.8, 4) is 17.2 Å². The molecular weight excluding hydrogens is 352 g/mol. The maximum absolute atomic E-state index is 10.0. The standard InChI is InChI=1S/C20H25ClN2O3/c1-25-18-11-15(12-19(26-2)20(18)24)13-22-7-9-23(10-8-22)14-16-5-3-4-6-17(16)21/h3-6,11-12,24H,7-10,13-14H2,1-2H3/p+2. The van der Waals surface area contributed by atoms with Crippen molar-refractivity contribution in [3.63, 3.8) is 0 Å². The van der Waals surface area contributed by atoms with Crippen molar-refractivity contribution in [2.45, 2.75) is 13.1 Å². The Kier molecular flexibility index (Phi) is 6.25. The Balaban J connectivity index is 1.58. The van der Waals surface area contributed by atoms with Crippen molar-refractivity contribution in [2.75, 3.05) is 40.4 Å². The van der Waals surface area contributed by atoms with Crippen LogP contribution in [-0.2, 0) is 13.1 Å². The molecule has 0 aliphatic carbocycles. The predicted molar refractivity (Wildman–Crippen MR) is 101 cm³/mol. The fraction of sp³-hybridized carbons (Fsp3) is 0.400. The highest BCUT2D eigenvalue weighted by Crippen LogP contribution is 2.36. The van der Waals surface area contributed by atoms with E-state index in [1.54, 1.807) is 19.1 Å². The molecule has 0 radical (unpaired) electrons. The van der Waals surface area contributed by atoms with Gasteiger partial charge in [0.2, 0.25) is 5.75 Å². The molecule has 2 aromatic carbocycles. The van der Waals surface area contributed by atoms with Crippen molar-refractivity contribution in [3.05, 3.63) is 52.5 Å². The van der Waals surface area contributed by atoms with Gasteiger partial charge in [-0.15, -0.1) is 0 Å². The number of halogens is 1. The summed E-state index contributed by atoms with van der Waals surface area (Å²) in [6.07, 6.45) is 0. The SMILES string of the molecule is COc1cc(C[NH+]2CC[NH+](Cc3ccccc3Cl)CC2)cc(OC)c1O. The van der Waals surface area contributed by atoms with Crippen molar-refractivity contribution in [2.24, 2.45) is 0 Å². The second-order valence-corrected chi connectivity index (χ2v) is 7.20. The largest absolute Gasteiger partial charge is 0.502 e. The summed E-state index contributed by atoms with van der Waals surface area (Å²) in [5.41, 5.74) is 2.33. The zero-order valence-electron chi connectivity index (χ0n) is 15.3. The first-order valence-corrected chi connectivity index (χ1v) is 9.33. The molecule has 26 heavy (non-hydrogen) atoms. The van der Waals surface area contributed by atoms with Crippen LogP contribution in [0.15, 0.2) is 36.4 Å². The van der Waals surface area contributed by atoms with Gasteiger partial charge in [-0.3, -0.25) is 0 Å². The molecule has 1 aliphatic rings. The number of benzene rings is 2. The fourth-order valence-corrected chi connectivity index (χ4v) is 3.76. The molecule has 3 N–H and O–H groups in total. The van der Waals surface area contributed by atoms with Crippen LogP contribution >= 0.6 is 11.6 Å². The molecule has 5 nitrogen and oxygen atoms in total. The third kappa shape index (κ3) is 4.41. The van der Waals surface area contributed by atoms with E-state index in [0.29, 0.717) is 11.5 Å². The second kappa shape index (κ2) is 8.62. The average molecular weight is 379 g/mol. The lowest BCUT2D eigenvalue weighted by atomic mass is 10.1. The normalized spacial score (nSPS) is 20.0. The molecule has 2 aromatic rings. The van der Waals surface area contributed by atoms with E-state index in [2.05, 4.69) is 6.07 Å². The van der Waals surface area contributed by atoms with E-state index in [1.165, 1.54) is 10.5 Å². The molecule has 140 valence electrons. The van der Waals surface area contributed by atoms with Crippen LogP contribution in [0.5, 0.6) is 17.2 Å². The zero-order chi connectivity index (χ0) is 18.5. The molecule has 1 aliphatic heterocycles. The van der Waals surface area contributed by atoms with Crippen molar-refractivity contribution in [1.82, 2.24) is 0 Å². The van der Waals surface area contributed by atoms with E-state index in [1.807, 2.05) is 30.3 Å². The maximum Gasteiger partial charge on any atom is 0.200 e. The second-order valence-electron chi connectivity index (χ2n) is 6.79. The lowest BCUT2D eigenvalue weighted by Crippen LogP contribution is -3.27. The molecule has 0 amide bonds. The van der Waals surface area contributed by atoms with Gasteiger partial charge >= 0.3 is 0 Å². The summed E-state index contributed by atoms with van der Waals surface area (Å²) in [7, 11) is 3.12. The summed E-state index contributed by atoms with van der Waals surface area (Å²) >= 11 is 6.29. The van der Waals surface area contributed by atoms with E-state index < -0.39 is 0 Å². The summed E-state index contributed by atoms with van der Waals surface area (Å²) in [5.74, 6) is 0.978. The molecular formula is C20H27ClN2O3+2. The molecule has 0 saturated carbocycles. The molecule has 3 rings (SSSR count). The number of ether oxygens (including phenoxy) is 2. The first-order chi connectivity index (χ1) is 12.6. The lowest BCUT2D eigenvalue weighted by Gasteiger charge is -2.30. The number of nitrogens with one attached hydrogen (secondary N) is 2. The molecule has 1 fully saturated rings. The fourth-order valence-electron chi connectivity index (χ4n) is 3.56. The quantitative estimate of drug-likeness (QED) is 0.688. The number of hydrogen-bond donors (Lipinski definition) is 3. The highest BCUT2D eigenvalue weighted by Gasteiger charge is 2.24. The van der Waals surface area contributed by atoms with E-state index in [0.717, 1.165) is 49.9 Å². The van der Waals surface area contributed by atoms with Gasteiger partial charge in [-0.2, -0.15) is 0 Å². The van der Waals surface area contributed by atoms with Gasteiger partial charge in [0.15, 0.2) is 11.5 Å². The number of methoxy groups -OCH3 is 2. The summed E-state index contributed by atoms with van der Waals surface area (Å²) in [6, 6.07) is 11.9. The Morgan fingerprint density at radius 1 is 0.923 bits per heavy atom. The minimum atomic E-state index is 0.0581. The number of rotatable bonds is 6. The highest BCUT2D eigenvalue weighted by molar-refractivity contribution is 6.31. The summed E-state index contributed by atoms with van der Waals surface area (Å²) < 4.78 is 10.5. The summed E-state index contributed by atoms with van der Waals surface area (Å²) in [4.78, 5) is 3.10. The van der Waals surface area contributed by atoms with Crippen LogP contribution in [0, 0.1) is 0 Å². The van der Waals surface area contributed by atoms with Crippen molar-refractivity contribution >= 4 is 11.6 Å². The number of aromatic hydroxyl groups is 1. The van der Waals surface area contributed by atoms with Crippen LogP contribution in [0.3, 0.4) is 0 Å². The van der Waals surface area contributed by atoms with Gasteiger partial charge < -0.3 is 24.4 Å². The van der Waals surface area contributed by atoms with Gasteiger partial charge in [0.25, 0.3) is 0 Å². The number of phenols is 1. The van der Waals surface area contributed by atoms with E-state index >= 15 is 0 Å². The van der Waals surface area contributed by atoms with Gasteiger partial charge in [0, 0.05) is 16.1 Å². The monoisotopic (exact) mass is 378 g/mol. The minimum Gasteiger partial charge on any atom is -0.502 e. The number of phenolic OH excluding ortho intramolecular Hbond substituents is 1. The Morgan fingerprint density at radius 2 is 1.46 bits per heavy atom. The Bertz CT molecular complexity index is 721. The van der Waals surface area contributed by atoms with Crippen LogP contribution in [0.25, 0.3) is 0 Å². The van der Waals surface area contributed by atoms with Crippen LogP contribution in [0.1, 0.15) is 11.1 Å². The van der Waals surface area contributed by atoms with E-state index in [9.17, 15) is 5.11 Å². The van der Waals surface area contributed by atoms with E-state index in [-0.39, 0.29) is 5.75 Å². The first kappa shape index (κ1) is 18.8. The van der Waals surface area contributed by atoms with Crippen molar-refractivity contribution < 1.29 is 24.4 Å². The third-order valence-electron chi connectivity index (χ3n) is 5.06. The number of hydrogen-bond acceptors (Lipinski definition) is 3. The Morgan fingerprint density at radius 3 is 2.00 bits per heavy atom. The van der Waals surface area contributed by atoms with Gasteiger partial charge in [-0.25, -0.2) is 0 Å². The maximum atomic E-state index is 10.0. The first-order valence-electron chi connectivity index (χ1n) is 8.95. The summed E-state index contributed by atoms with van der Waals surface area (Å²) in [6.45, 7) is 6.32. The molecule has 0 aromatic heterocycles. The van der Waals surface area contributed by atoms with Gasteiger partial charge in [-0.1, -0.05) is 29.8 Å². The van der Waals surface area contributed by atoms with Crippen LogP contribution in [0.2, 0.25) is 5.02 Å². The Hall–Kier alpha value is -1.95. The molecule has 0 bridgehead atoms. The van der Waals surface area contributed by atoms with Gasteiger partial charge in [-0.05, 0) is 18.2 Å². The average Bonchev–Trinajstić information content (AvgIpc) is 2.66. The van der Waals surface area contributed by atoms with Gasteiger partial charge in [0.1, 0.15) is 39.3 Å². The summed E-state index contributed by atoms with van der Waals surface area (Å²) in [5, 5.41) is 10.9. The number of quaternary nitrogens is 2. The van der Waals surface area contributed by atoms with Crippen LogP contribution in [0.4, 0.5) is 0 Å². The van der Waals surface area contributed by atoms with Crippen LogP contribution in [-0.4, -0.2) is 45.5 Å². The highest BCUT2D eigenvalue weighted by atomic mass is 35.5. The van der Waals surface area contributed by atoms with Crippen LogP contribution < -0.4 is 19.3 Å². The van der Waals surface area contributed by atoms with Crippen molar-refractivity contribution in [1.29, 1.82) is 0 Å². The number of piperazine rings is 1. The van der Waals surface area contributed by atoms with Gasteiger partial charge in [0.05, 0.1) is 14.2 Å². The zero-order valence-corrected chi connectivity index (χ0v) is 16.1. The van der Waals surface area contributed by atoms with E-state index in [4.69, 9.17) is 21.1 Å². The molecule has 0 atom stereocenters. The smallest absolute Gasteiger partial charge is 0.200 e. The lowest BCUT2D eigenvalue weighted by molar-refractivity contribution is -1.02. The molecule has 0 unspecified atom stereocenters. The molecule has 6 heteroatoms. The predicted octanol–water partition coefficient (Wildman–Crippen LogP) is 0.546. The minimum absolute atomic E-state index is 0.0581. The molecule has 1 saturated heterocycles. The Labute approximate surface area is 159 Å².